The molecule has 0 saturated carbocycles. The van der Waals surface area contributed by atoms with Crippen molar-refractivity contribution in [1.29, 1.82) is 0 Å². The molecule has 1 heterocycles. The van der Waals surface area contributed by atoms with E-state index in [-0.39, 0.29) is 30.2 Å². The van der Waals surface area contributed by atoms with Gasteiger partial charge < -0.3 is 15.1 Å². The molecule has 5 nitrogen and oxygen atoms in total. The van der Waals surface area contributed by atoms with E-state index in [1.807, 2.05) is 0 Å². The molecule has 2 rings (SSSR count). The van der Waals surface area contributed by atoms with E-state index in [0.29, 0.717) is 10.6 Å². The van der Waals surface area contributed by atoms with Crippen LogP contribution in [0.3, 0.4) is 0 Å². The molecule has 140 valence electrons. The maximum Gasteiger partial charge on any atom is 0.287 e. The van der Waals surface area contributed by atoms with Crippen molar-refractivity contribution in [2.45, 2.75) is 39.7 Å². The van der Waals surface area contributed by atoms with Crippen LogP contribution in [0.2, 0.25) is 0 Å². The second-order valence-electron chi connectivity index (χ2n) is 6.90. The number of furan rings is 1. The van der Waals surface area contributed by atoms with Crippen LogP contribution in [0.25, 0.3) is 0 Å². The van der Waals surface area contributed by atoms with Crippen molar-refractivity contribution in [1.82, 2.24) is 10.6 Å². The number of amides is 2. The zero-order chi connectivity index (χ0) is 19.3. The molecular weight excluding hydrogens is 396 g/mol. The van der Waals surface area contributed by atoms with Gasteiger partial charge in [-0.05, 0) is 51.0 Å². The average Bonchev–Trinajstić information content (AvgIpc) is 3.04. The number of benzene rings is 1. The minimum Gasteiger partial charge on any atom is -0.444 e. The Morgan fingerprint density at radius 2 is 1.62 bits per heavy atom. The number of rotatable bonds is 7. The third kappa shape index (κ3) is 5.46. The summed E-state index contributed by atoms with van der Waals surface area (Å²) in [5.74, 6) is 0.187. The average molecular weight is 421 g/mol. The standard InChI is InChI=1S/C20H25BrN2O3/c1-12(2)14-5-7-15(8-6-14)19(13(3)4)23-18(24)11-22-20(25)16-9-10-17(21)26-16/h5-10,12-13,19H,11H2,1-4H3,(H,22,25)(H,23,24). The quantitative estimate of drug-likeness (QED) is 0.696. The second kappa shape index (κ2) is 9.03. The molecule has 0 aliphatic heterocycles. The summed E-state index contributed by atoms with van der Waals surface area (Å²) in [6.07, 6.45) is 0. The van der Waals surface area contributed by atoms with Gasteiger partial charge in [0.1, 0.15) is 0 Å². The first kappa shape index (κ1) is 20.2. The summed E-state index contributed by atoms with van der Waals surface area (Å²) >= 11 is 3.14. The van der Waals surface area contributed by atoms with Crippen LogP contribution in [0.15, 0.2) is 45.5 Å². The van der Waals surface area contributed by atoms with Gasteiger partial charge in [0.05, 0.1) is 12.6 Å². The molecule has 0 spiro atoms. The van der Waals surface area contributed by atoms with Crippen LogP contribution >= 0.6 is 15.9 Å². The van der Waals surface area contributed by atoms with Crippen LogP contribution in [0.5, 0.6) is 0 Å². The van der Waals surface area contributed by atoms with E-state index in [4.69, 9.17) is 4.42 Å². The highest BCUT2D eigenvalue weighted by Crippen LogP contribution is 2.24. The summed E-state index contributed by atoms with van der Waals surface area (Å²) in [6.45, 7) is 8.30. The molecule has 1 aromatic carbocycles. The summed E-state index contributed by atoms with van der Waals surface area (Å²) in [5, 5.41) is 5.57. The molecule has 26 heavy (non-hydrogen) atoms. The first-order valence-corrected chi connectivity index (χ1v) is 9.50. The van der Waals surface area contributed by atoms with E-state index >= 15 is 0 Å². The fourth-order valence-corrected chi connectivity index (χ4v) is 2.94. The topological polar surface area (TPSA) is 71.3 Å². The fourth-order valence-electron chi connectivity index (χ4n) is 2.63. The van der Waals surface area contributed by atoms with Gasteiger partial charge in [-0.15, -0.1) is 0 Å². The van der Waals surface area contributed by atoms with Crippen LogP contribution in [0.4, 0.5) is 0 Å². The van der Waals surface area contributed by atoms with Crippen LogP contribution < -0.4 is 10.6 Å². The number of hydrogen-bond donors (Lipinski definition) is 2. The number of carbonyl (C=O) groups excluding carboxylic acids is 2. The highest BCUT2D eigenvalue weighted by atomic mass is 79.9. The van der Waals surface area contributed by atoms with Gasteiger partial charge in [0.25, 0.3) is 5.91 Å². The van der Waals surface area contributed by atoms with Crippen molar-refractivity contribution in [3.05, 3.63) is 58.0 Å². The minimum atomic E-state index is -0.423. The minimum absolute atomic E-state index is 0.107. The molecule has 0 bridgehead atoms. The zero-order valence-electron chi connectivity index (χ0n) is 15.5. The molecule has 0 radical (unpaired) electrons. The van der Waals surface area contributed by atoms with E-state index < -0.39 is 5.91 Å². The van der Waals surface area contributed by atoms with Gasteiger partial charge in [-0.2, -0.15) is 0 Å². The third-order valence-corrected chi connectivity index (χ3v) is 4.58. The lowest BCUT2D eigenvalue weighted by molar-refractivity contribution is -0.121. The number of hydrogen-bond acceptors (Lipinski definition) is 3. The number of halogens is 1. The van der Waals surface area contributed by atoms with Crippen LogP contribution in [0, 0.1) is 5.92 Å². The highest BCUT2D eigenvalue weighted by molar-refractivity contribution is 9.10. The van der Waals surface area contributed by atoms with Crippen LogP contribution in [-0.2, 0) is 4.79 Å². The molecule has 0 aliphatic rings. The summed E-state index contributed by atoms with van der Waals surface area (Å²) < 4.78 is 5.64. The van der Waals surface area contributed by atoms with Crippen molar-refractivity contribution in [3.8, 4) is 0 Å². The predicted molar refractivity (Wildman–Crippen MR) is 105 cm³/mol. The first-order valence-electron chi connectivity index (χ1n) is 8.70. The Kier molecular flexibility index (Phi) is 7.03. The van der Waals surface area contributed by atoms with Gasteiger partial charge in [-0.25, -0.2) is 0 Å². The molecule has 0 fully saturated rings. The molecule has 2 N–H and O–H groups in total. The molecule has 1 unspecified atom stereocenters. The lowest BCUT2D eigenvalue weighted by Gasteiger charge is -2.23. The summed E-state index contributed by atoms with van der Waals surface area (Å²) in [7, 11) is 0. The Labute approximate surface area is 162 Å². The Morgan fingerprint density at radius 1 is 1.00 bits per heavy atom. The number of carbonyl (C=O) groups is 2. The molecule has 0 saturated heterocycles. The van der Waals surface area contributed by atoms with Crippen molar-refractivity contribution >= 4 is 27.7 Å². The normalized spacial score (nSPS) is 12.3. The van der Waals surface area contributed by atoms with Gasteiger partial charge >= 0.3 is 0 Å². The van der Waals surface area contributed by atoms with Gasteiger partial charge in [0, 0.05) is 0 Å². The summed E-state index contributed by atoms with van der Waals surface area (Å²) in [4.78, 5) is 24.2. The highest BCUT2D eigenvalue weighted by Gasteiger charge is 2.19. The van der Waals surface area contributed by atoms with Crippen molar-refractivity contribution in [2.24, 2.45) is 5.92 Å². The Morgan fingerprint density at radius 3 is 2.12 bits per heavy atom. The Bertz CT molecular complexity index is 751. The van der Waals surface area contributed by atoms with Crippen LogP contribution in [0.1, 0.15) is 61.3 Å². The van der Waals surface area contributed by atoms with Crippen molar-refractivity contribution in [3.63, 3.8) is 0 Å². The fraction of sp³-hybridized carbons (Fsp3) is 0.400. The predicted octanol–water partition coefficient (Wildman–Crippen LogP) is 4.41. The molecular formula is C20H25BrN2O3. The van der Waals surface area contributed by atoms with Crippen molar-refractivity contribution in [2.75, 3.05) is 6.54 Å². The Balaban J connectivity index is 1.96. The van der Waals surface area contributed by atoms with Crippen molar-refractivity contribution < 1.29 is 14.0 Å². The molecule has 2 amide bonds. The van der Waals surface area contributed by atoms with E-state index in [9.17, 15) is 9.59 Å². The molecule has 1 atom stereocenters. The van der Waals surface area contributed by atoms with Crippen LogP contribution in [-0.4, -0.2) is 18.4 Å². The summed E-state index contributed by atoms with van der Waals surface area (Å²) in [6, 6.07) is 11.4. The molecule has 0 aliphatic carbocycles. The molecule has 1 aromatic heterocycles. The SMILES string of the molecule is CC(C)c1ccc(C(NC(=O)CNC(=O)c2ccc(Br)o2)C(C)C)cc1. The second-order valence-corrected chi connectivity index (χ2v) is 7.68. The maximum absolute atomic E-state index is 12.3. The van der Waals surface area contributed by atoms with E-state index in [2.05, 4.69) is 78.5 Å². The summed E-state index contributed by atoms with van der Waals surface area (Å²) in [5.41, 5.74) is 2.32. The zero-order valence-corrected chi connectivity index (χ0v) is 17.1. The van der Waals surface area contributed by atoms with Gasteiger partial charge in [0.15, 0.2) is 10.4 Å². The first-order chi connectivity index (χ1) is 12.3. The van der Waals surface area contributed by atoms with E-state index in [1.165, 1.54) is 5.56 Å². The van der Waals surface area contributed by atoms with E-state index in [0.717, 1.165) is 5.56 Å². The third-order valence-electron chi connectivity index (χ3n) is 4.15. The molecule has 2 aromatic rings. The number of nitrogens with one attached hydrogen (secondary N) is 2. The Hall–Kier alpha value is -2.08. The van der Waals surface area contributed by atoms with Gasteiger partial charge in [-0.1, -0.05) is 52.0 Å². The molecule has 6 heteroatoms. The van der Waals surface area contributed by atoms with E-state index in [1.54, 1.807) is 12.1 Å². The smallest absolute Gasteiger partial charge is 0.287 e. The van der Waals surface area contributed by atoms with Gasteiger partial charge in [-0.3, -0.25) is 9.59 Å². The monoisotopic (exact) mass is 420 g/mol. The largest absolute Gasteiger partial charge is 0.444 e. The van der Waals surface area contributed by atoms with Gasteiger partial charge in [0.2, 0.25) is 5.91 Å². The lowest BCUT2D eigenvalue weighted by Crippen LogP contribution is -2.40. The lowest BCUT2D eigenvalue weighted by atomic mass is 9.93. The maximum atomic E-state index is 12.3.